The summed E-state index contributed by atoms with van der Waals surface area (Å²) in [6.07, 6.45) is 6.96. The van der Waals surface area contributed by atoms with Crippen molar-refractivity contribution in [2.24, 2.45) is 0 Å². The molecule has 80 valence electrons. The highest BCUT2D eigenvalue weighted by Crippen LogP contribution is 2.22. The summed E-state index contributed by atoms with van der Waals surface area (Å²) in [7, 11) is 1.54. The van der Waals surface area contributed by atoms with Crippen LogP contribution in [0.15, 0.2) is 10.7 Å². The number of aromatic nitrogens is 2. The second-order valence-electron chi connectivity index (χ2n) is 3.45. The molecule has 0 bridgehead atoms. The summed E-state index contributed by atoms with van der Waals surface area (Å²) in [5.41, 5.74) is -0.487. The molecular weight excluding hydrogens is 258 g/mol. The van der Waals surface area contributed by atoms with Crippen LogP contribution in [0, 0.1) is 12.3 Å². The summed E-state index contributed by atoms with van der Waals surface area (Å²) in [5.74, 6) is 3.51. The molecule has 0 saturated carbocycles. The molecule has 0 aromatic carbocycles. The Morgan fingerprint density at radius 3 is 2.80 bits per heavy atom. The van der Waals surface area contributed by atoms with E-state index in [9.17, 15) is 0 Å². The van der Waals surface area contributed by atoms with Gasteiger partial charge in [0.05, 0.1) is 23.3 Å². The average Bonchev–Trinajstić information content (AvgIpc) is 2.20. The SMILES string of the molecule is C#CC(C)(C)Nc1ncc(Br)c(OC)n1. The van der Waals surface area contributed by atoms with Crippen molar-refractivity contribution >= 4 is 21.9 Å². The third-order valence-corrected chi connectivity index (χ3v) is 2.23. The summed E-state index contributed by atoms with van der Waals surface area (Å²) in [6, 6.07) is 0. The molecule has 0 amide bonds. The maximum Gasteiger partial charge on any atom is 0.232 e. The summed E-state index contributed by atoms with van der Waals surface area (Å²) < 4.78 is 5.75. The molecule has 0 spiro atoms. The van der Waals surface area contributed by atoms with Gasteiger partial charge in [-0.1, -0.05) is 5.92 Å². The van der Waals surface area contributed by atoms with Crippen LogP contribution in [-0.4, -0.2) is 22.6 Å². The second kappa shape index (κ2) is 4.49. The van der Waals surface area contributed by atoms with E-state index >= 15 is 0 Å². The molecule has 0 aliphatic heterocycles. The Morgan fingerprint density at radius 1 is 1.60 bits per heavy atom. The van der Waals surface area contributed by atoms with Gasteiger partial charge in [-0.25, -0.2) is 4.98 Å². The van der Waals surface area contributed by atoms with E-state index < -0.39 is 5.54 Å². The maximum absolute atomic E-state index is 5.35. The van der Waals surface area contributed by atoms with Crippen LogP contribution in [0.3, 0.4) is 0 Å². The molecule has 1 aromatic heterocycles. The van der Waals surface area contributed by atoms with Gasteiger partial charge in [0.25, 0.3) is 0 Å². The lowest BCUT2D eigenvalue weighted by Gasteiger charge is -2.19. The first-order chi connectivity index (χ1) is 6.98. The molecule has 0 atom stereocenters. The van der Waals surface area contributed by atoms with Gasteiger partial charge in [-0.05, 0) is 29.8 Å². The Morgan fingerprint density at radius 2 is 2.27 bits per heavy atom. The highest BCUT2D eigenvalue weighted by atomic mass is 79.9. The molecular formula is C10H12BrN3O. The van der Waals surface area contributed by atoms with Crippen molar-refractivity contribution in [2.75, 3.05) is 12.4 Å². The van der Waals surface area contributed by atoms with Gasteiger partial charge in [-0.2, -0.15) is 4.98 Å². The van der Waals surface area contributed by atoms with Crippen LogP contribution in [0.25, 0.3) is 0 Å². The summed E-state index contributed by atoms with van der Waals surface area (Å²) in [6.45, 7) is 3.73. The molecule has 15 heavy (non-hydrogen) atoms. The van der Waals surface area contributed by atoms with E-state index in [1.54, 1.807) is 13.3 Å². The molecule has 1 N–H and O–H groups in total. The molecule has 0 saturated heterocycles. The Bertz CT molecular complexity index is 398. The number of hydrogen-bond donors (Lipinski definition) is 1. The lowest BCUT2D eigenvalue weighted by molar-refractivity contribution is 0.394. The van der Waals surface area contributed by atoms with Gasteiger partial charge in [0.15, 0.2) is 0 Å². The van der Waals surface area contributed by atoms with Crippen molar-refractivity contribution in [1.82, 2.24) is 9.97 Å². The van der Waals surface area contributed by atoms with Crippen molar-refractivity contribution in [1.29, 1.82) is 0 Å². The third-order valence-electron chi connectivity index (χ3n) is 1.69. The number of nitrogens with zero attached hydrogens (tertiary/aromatic N) is 2. The van der Waals surface area contributed by atoms with E-state index in [1.807, 2.05) is 13.8 Å². The van der Waals surface area contributed by atoms with E-state index in [2.05, 4.69) is 37.1 Å². The fourth-order valence-electron chi connectivity index (χ4n) is 0.870. The van der Waals surface area contributed by atoms with Gasteiger partial charge in [0, 0.05) is 0 Å². The van der Waals surface area contributed by atoms with Crippen molar-refractivity contribution < 1.29 is 4.74 Å². The van der Waals surface area contributed by atoms with Gasteiger partial charge in [-0.3, -0.25) is 0 Å². The molecule has 4 nitrogen and oxygen atoms in total. The smallest absolute Gasteiger partial charge is 0.232 e. The van der Waals surface area contributed by atoms with Crippen LogP contribution in [0.5, 0.6) is 5.88 Å². The Kier molecular flexibility index (Phi) is 3.53. The van der Waals surface area contributed by atoms with Crippen LogP contribution in [0.2, 0.25) is 0 Å². The molecule has 1 aromatic rings. The van der Waals surface area contributed by atoms with Crippen LogP contribution in [0.1, 0.15) is 13.8 Å². The second-order valence-corrected chi connectivity index (χ2v) is 4.30. The first kappa shape index (κ1) is 11.8. The first-order valence-electron chi connectivity index (χ1n) is 4.31. The number of halogens is 1. The van der Waals surface area contributed by atoms with Gasteiger partial charge in [0.2, 0.25) is 11.8 Å². The zero-order valence-corrected chi connectivity index (χ0v) is 10.4. The fraction of sp³-hybridized carbons (Fsp3) is 0.400. The predicted octanol–water partition coefficient (Wildman–Crippen LogP) is 2.07. The molecule has 1 rings (SSSR count). The van der Waals surface area contributed by atoms with Gasteiger partial charge < -0.3 is 10.1 Å². The lowest BCUT2D eigenvalue weighted by Crippen LogP contribution is -2.29. The fourth-order valence-corrected chi connectivity index (χ4v) is 1.22. The van der Waals surface area contributed by atoms with E-state index in [4.69, 9.17) is 11.2 Å². The quantitative estimate of drug-likeness (QED) is 0.854. The molecule has 0 aliphatic carbocycles. The minimum absolute atomic E-state index is 0.443. The highest BCUT2D eigenvalue weighted by molar-refractivity contribution is 9.10. The van der Waals surface area contributed by atoms with Crippen LogP contribution >= 0.6 is 15.9 Å². The number of ether oxygens (including phenoxy) is 1. The van der Waals surface area contributed by atoms with Crippen LogP contribution < -0.4 is 10.1 Å². The number of rotatable bonds is 3. The zero-order chi connectivity index (χ0) is 11.5. The summed E-state index contributed by atoms with van der Waals surface area (Å²) in [5, 5.41) is 3.01. The number of nitrogens with one attached hydrogen (secondary N) is 1. The van der Waals surface area contributed by atoms with Crippen molar-refractivity contribution in [2.45, 2.75) is 19.4 Å². The number of hydrogen-bond acceptors (Lipinski definition) is 4. The van der Waals surface area contributed by atoms with E-state index in [1.165, 1.54) is 0 Å². The Hall–Kier alpha value is -1.28. The van der Waals surface area contributed by atoms with Crippen molar-refractivity contribution in [3.8, 4) is 18.2 Å². The van der Waals surface area contributed by atoms with Gasteiger partial charge in [0.1, 0.15) is 0 Å². The highest BCUT2D eigenvalue weighted by Gasteiger charge is 2.15. The minimum atomic E-state index is -0.487. The van der Waals surface area contributed by atoms with Crippen LogP contribution in [0.4, 0.5) is 5.95 Å². The van der Waals surface area contributed by atoms with Crippen LogP contribution in [-0.2, 0) is 0 Å². The maximum atomic E-state index is 5.35. The number of terminal acetylenes is 1. The standard InChI is InChI=1S/C10H12BrN3O/c1-5-10(2,3)14-9-12-6-7(11)8(13-9)15-4/h1,6H,2-4H3,(H,12,13,14). The molecule has 0 radical (unpaired) electrons. The van der Waals surface area contributed by atoms with Crippen molar-refractivity contribution in [3.63, 3.8) is 0 Å². The van der Waals surface area contributed by atoms with Gasteiger partial charge >= 0.3 is 0 Å². The predicted molar refractivity (Wildman–Crippen MR) is 62.8 cm³/mol. The lowest BCUT2D eigenvalue weighted by atomic mass is 10.1. The largest absolute Gasteiger partial charge is 0.480 e. The molecule has 0 unspecified atom stereocenters. The average molecular weight is 270 g/mol. The Balaban J connectivity index is 2.94. The normalized spacial score (nSPS) is 10.6. The number of anilines is 1. The van der Waals surface area contributed by atoms with Gasteiger partial charge in [-0.15, -0.1) is 6.42 Å². The molecule has 1 heterocycles. The third kappa shape index (κ3) is 3.10. The molecule has 0 fully saturated rings. The van der Waals surface area contributed by atoms with Crippen molar-refractivity contribution in [3.05, 3.63) is 10.7 Å². The first-order valence-corrected chi connectivity index (χ1v) is 5.10. The zero-order valence-electron chi connectivity index (χ0n) is 8.84. The summed E-state index contributed by atoms with van der Waals surface area (Å²) in [4.78, 5) is 8.21. The van der Waals surface area contributed by atoms with E-state index in [-0.39, 0.29) is 0 Å². The molecule has 5 heteroatoms. The monoisotopic (exact) mass is 269 g/mol. The molecule has 0 aliphatic rings. The number of methoxy groups -OCH3 is 1. The topological polar surface area (TPSA) is 47.0 Å². The van der Waals surface area contributed by atoms with E-state index in [0.717, 1.165) is 0 Å². The minimum Gasteiger partial charge on any atom is -0.480 e. The summed E-state index contributed by atoms with van der Waals surface area (Å²) >= 11 is 3.27. The van der Waals surface area contributed by atoms with E-state index in [0.29, 0.717) is 16.3 Å². The Labute approximate surface area is 97.6 Å².